The van der Waals surface area contributed by atoms with E-state index in [1.807, 2.05) is 30.3 Å². The molecule has 0 bridgehead atoms. The number of benzene rings is 2. The highest BCUT2D eigenvalue weighted by atomic mass is 35.5. The highest BCUT2D eigenvalue weighted by molar-refractivity contribution is 6.30. The average Bonchev–Trinajstić information content (AvgIpc) is 2.87. The number of amides is 1. The quantitative estimate of drug-likeness (QED) is 0.760. The molecule has 3 heteroatoms. The van der Waals surface area contributed by atoms with Gasteiger partial charge in [-0.15, -0.1) is 0 Å². The van der Waals surface area contributed by atoms with Gasteiger partial charge in [-0.05, 0) is 42.5 Å². The largest absolute Gasteiger partial charge is 0.342 e. The fraction of sp³-hybridized carbons (Fsp3) is 0.381. The smallest absolute Gasteiger partial charge is 0.222 e. The van der Waals surface area contributed by atoms with E-state index in [2.05, 4.69) is 29.2 Å². The van der Waals surface area contributed by atoms with Crippen molar-refractivity contribution in [2.45, 2.75) is 38.0 Å². The number of carbonyl (C=O) groups excluding carboxylic acids is 1. The van der Waals surface area contributed by atoms with Gasteiger partial charge >= 0.3 is 0 Å². The van der Waals surface area contributed by atoms with Gasteiger partial charge in [0.25, 0.3) is 0 Å². The van der Waals surface area contributed by atoms with Crippen molar-refractivity contribution in [3.05, 3.63) is 70.7 Å². The topological polar surface area (TPSA) is 20.3 Å². The summed E-state index contributed by atoms with van der Waals surface area (Å²) in [5, 5.41) is 0.735. The second kappa shape index (κ2) is 8.34. The van der Waals surface area contributed by atoms with Crippen LogP contribution in [0.15, 0.2) is 54.6 Å². The number of hydrogen-bond acceptors (Lipinski definition) is 1. The summed E-state index contributed by atoms with van der Waals surface area (Å²) >= 11 is 6.02. The Kier molecular flexibility index (Phi) is 5.92. The molecule has 2 aromatic rings. The summed E-state index contributed by atoms with van der Waals surface area (Å²) in [7, 11) is 0. The van der Waals surface area contributed by atoms with Crippen molar-refractivity contribution >= 4 is 17.5 Å². The van der Waals surface area contributed by atoms with Crippen LogP contribution < -0.4 is 0 Å². The van der Waals surface area contributed by atoms with E-state index in [-0.39, 0.29) is 5.91 Å². The van der Waals surface area contributed by atoms with Crippen LogP contribution in [-0.4, -0.2) is 23.9 Å². The zero-order chi connectivity index (χ0) is 16.8. The molecule has 1 atom stereocenters. The van der Waals surface area contributed by atoms with Crippen molar-refractivity contribution in [3.8, 4) is 0 Å². The van der Waals surface area contributed by atoms with Crippen molar-refractivity contribution in [1.82, 2.24) is 4.90 Å². The van der Waals surface area contributed by atoms with Gasteiger partial charge in [-0.2, -0.15) is 0 Å². The molecule has 126 valence electrons. The van der Waals surface area contributed by atoms with Gasteiger partial charge < -0.3 is 4.90 Å². The summed E-state index contributed by atoms with van der Waals surface area (Å²) in [5.74, 6) is 0.724. The number of halogens is 1. The van der Waals surface area contributed by atoms with Gasteiger partial charge in [-0.1, -0.05) is 60.5 Å². The molecule has 2 nitrogen and oxygen atoms in total. The van der Waals surface area contributed by atoms with Crippen LogP contribution in [0.1, 0.15) is 42.7 Å². The van der Waals surface area contributed by atoms with Gasteiger partial charge in [0, 0.05) is 30.5 Å². The third-order valence-corrected chi connectivity index (χ3v) is 5.05. The summed E-state index contributed by atoms with van der Waals surface area (Å²) < 4.78 is 0. The number of likely N-dealkylation sites (tertiary alicyclic amines) is 1. The Bertz CT molecular complexity index is 671. The van der Waals surface area contributed by atoms with Gasteiger partial charge in [-0.25, -0.2) is 0 Å². The first-order valence-corrected chi connectivity index (χ1v) is 9.17. The minimum absolute atomic E-state index is 0.262. The number of aryl methyl sites for hydroxylation is 1. The fourth-order valence-electron chi connectivity index (χ4n) is 3.47. The standard InChI is InChI=1S/C21H24ClNO/c22-20-11-6-7-17(15-20)12-13-21(24)23-14-5-4-10-19(16-23)18-8-2-1-3-9-18/h1-3,6-9,11,15,19H,4-5,10,12-14,16H2. The minimum Gasteiger partial charge on any atom is -0.342 e. The monoisotopic (exact) mass is 341 g/mol. The molecule has 0 N–H and O–H groups in total. The van der Waals surface area contributed by atoms with E-state index in [1.165, 1.54) is 18.4 Å². The third kappa shape index (κ3) is 4.61. The highest BCUT2D eigenvalue weighted by Gasteiger charge is 2.22. The molecule has 1 saturated heterocycles. The lowest BCUT2D eigenvalue weighted by atomic mass is 9.94. The first-order chi connectivity index (χ1) is 11.7. The maximum atomic E-state index is 12.7. The molecule has 1 aliphatic rings. The third-order valence-electron chi connectivity index (χ3n) is 4.81. The van der Waals surface area contributed by atoms with Crippen LogP contribution in [0.25, 0.3) is 0 Å². The Morgan fingerprint density at radius 3 is 2.71 bits per heavy atom. The van der Waals surface area contributed by atoms with E-state index in [0.717, 1.165) is 36.5 Å². The average molecular weight is 342 g/mol. The van der Waals surface area contributed by atoms with Crippen molar-refractivity contribution < 1.29 is 4.79 Å². The van der Waals surface area contributed by atoms with Crippen molar-refractivity contribution in [2.24, 2.45) is 0 Å². The van der Waals surface area contributed by atoms with E-state index in [9.17, 15) is 4.79 Å². The maximum absolute atomic E-state index is 12.7. The zero-order valence-electron chi connectivity index (χ0n) is 14.0. The van der Waals surface area contributed by atoms with Crippen molar-refractivity contribution in [1.29, 1.82) is 0 Å². The Morgan fingerprint density at radius 2 is 1.92 bits per heavy atom. The number of rotatable bonds is 4. The van der Waals surface area contributed by atoms with E-state index >= 15 is 0 Å². The molecule has 0 aromatic heterocycles. The summed E-state index contributed by atoms with van der Waals surface area (Å²) in [6.07, 6.45) is 4.78. The Hall–Kier alpha value is -1.80. The second-order valence-corrected chi connectivity index (χ2v) is 7.01. The number of hydrogen-bond donors (Lipinski definition) is 0. The van der Waals surface area contributed by atoms with Crippen LogP contribution >= 0.6 is 11.6 Å². The predicted molar refractivity (Wildman–Crippen MR) is 99.4 cm³/mol. The lowest BCUT2D eigenvalue weighted by molar-refractivity contribution is -0.131. The van der Waals surface area contributed by atoms with Crippen molar-refractivity contribution in [2.75, 3.05) is 13.1 Å². The first-order valence-electron chi connectivity index (χ1n) is 8.79. The van der Waals surface area contributed by atoms with E-state index in [4.69, 9.17) is 11.6 Å². The van der Waals surface area contributed by atoms with Gasteiger partial charge in [0.2, 0.25) is 5.91 Å². The molecule has 0 saturated carbocycles. The van der Waals surface area contributed by atoms with E-state index in [1.54, 1.807) is 0 Å². The van der Waals surface area contributed by atoms with Crippen LogP contribution in [0.2, 0.25) is 5.02 Å². The maximum Gasteiger partial charge on any atom is 0.222 e. The Labute approximate surface area is 149 Å². The fourth-order valence-corrected chi connectivity index (χ4v) is 3.68. The summed E-state index contributed by atoms with van der Waals surface area (Å²) in [6.45, 7) is 1.73. The molecular weight excluding hydrogens is 318 g/mol. The van der Waals surface area contributed by atoms with Crippen LogP contribution in [-0.2, 0) is 11.2 Å². The number of carbonyl (C=O) groups is 1. The van der Waals surface area contributed by atoms with Gasteiger partial charge in [-0.3, -0.25) is 4.79 Å². The highest BCUT2D eigenvalue weighted by Crippen LogP contribution is 2.26. The second-order valence-electron chi connectivity index (χ2n) is 6.57. The van der Waals surface area contributed by atoms with Gasteiger partial charge in [0.1, 0.15) is 0 Å². The van der Waals surface area contributed by atoms with Gasteiger partial charge in [0.05, 0.1) is 0 Å². The Balaban J connectivity index is 1.61. The summed E-state index contributed by atoms with van der Waals surface area (Å²) in [6, 6.07) is 18.4. The van der Waals surface area contributed by atoms with Crippen LogP contribution in [0.3, 0.4) is 0 Å². The molecule has 0 spiro atoms. The van der Waals surface area contributed by atoms with Crippen LogP contribution in [0.4, 0.5) is 0 Å². The molecule has 2 aromatic carbocycles. The van der Waals surface area contributed by atoms with Crippen LogP contribution in [0, 0.1) is 0 Å². The molecule has 1 fully saturated rings. The molecule has 1 amide bonds. The normalized spacial score (nSPS) is 18.2. The first kappa shape index (κ1) is 17.0. The van der Waals surface area contributed by atoms with E-state index in [0.29, 0.717) is 12.3 Å². The predicted octanol–water partition coefficient (Wildman–Crippen LogP) is 5.07. The molecule has 1 aliphatic heterocycles. The Morgan fingerprint density at radius 1 is 1.08 bits per heavy atom. The molecule has 3 rings (SSSR count). The molecule has 0 radical (unpaired) electrons. The van der Waals surface area contributed by atoms with Crippen LogP contribution in [0.5, 0.6) is 0 Å². The van der Waals surface area contributed by atoms with Crippen molar-refractivity contribution in [3.63, 3.8) is 0 Å². The molecule has 1 unspecified atom stereocenters. The molecular formula is C21H24ClNO. The molecule has 0 aliphatic carbocycles. The molecule has 1 heterocycles. The van der Waals surface area contributed by atoms with Gasteiger partial charge in [0.15, 0.2) is 0 Å². The lowest BCUT2D eigenvalue weighted by Gasteiger charge is -2.25. The lowest BCUT2D eigenvalue weighted by Crippen LogP contribution is -2.34. The molecule has 24 heavy (non-hydrogen) atoms. The SMILES string of the molecule is O=C(CCc1cccc(Cl)c1)N1CCCCC(c2ccccc2)C1. The van der Waals surface area contributed by atoms with E-state index < -0.39 is 0 Å². The number of nitrogens with zero attached hydrogens (tertiary/aromatic N) is 1. The minimum atomic E-state index is 0.262. The zero-order valence-corrected chi connectivity index (χ0v) is 14.7. The summed E-state index contributed by atoms with van der Waals surface area (Å²) in [4.78, 5) is 14.7. The summed E-state index contributed by atoms with van der Waals surface area (Å²) in [5.41, 5.74) is 2.48.